The molecule has 9 rings (SSSR count). The van der Waals surface area contributed by atoms with Gasteiger partial charge in [-0.15, -0.1) is 0 Å². The van der Waals surface area contributed by atoms with Gasteiger partial charge in [-0.3, -0.25) is 0 Å². The van der Waals surface area contributed by atoms with Crippen molar-refractivity contribution in [2.75, 3.05) is 0 Å². The topological polar surface area (TPSA) is 0 Å². The zero-order valence-corrected chi connectivity index (χ0v) is 26.5. The lowest BCUT2D eigenvalue weighted by Crippen LogP contribution is -1.94. The molecular formula is C48H32. The molecule has 0 atom stereocenters. The van der Waals surface area contributed by atoms with Crippen LogP contribution in [0.3, 0.4) is 0 Å². The maximum atomic E-state index is 2.45. The molecule has 0 heterocycles. The lowest BCUT2D eigenvalue weighted by molar-refractivity contribution is 1.60. The zero-order valence-electron chi connectivity index (χ0n) is 26.5. The Kier molecular flexibility index (Phi) is 6.91. The first-order valence-corrected chi connectivity index (χ1v) is 16.6. The first-order chi connectivity index (χ1) is 23.8. The van der Waals surface area contributed by atoms with Gasteiger partial charge in [-0.05, 0) is 94.0 Å². The summed E-state index contributed by atoms with van der Waals surface area (Å²) >= 11 is 0. The molecule has 9 aromatic rings. The van der Waals surface area contributed by atoms with Gasteiger partial charge in [0, 0.05) is 0 Å². The molecule has 0 radical (unpaired) electrons. The minimum atomic E-state index is 1.21. The Morgan fingerprint density at radius 1 is 0.188 bits per heavy atom. The zero-order chi connectivity index (χ0) is 31.9. The Hall–Kier alpha value is -6.24. The van der Waals surface area contributed by atoms with Crippen LogP contribution in [0.4, 0.5) is 0 Å². The smallest absolute Gasteiger partial charge is 0.00199 e. The normalized spacial score (nSPS) is 11.3. The predicted molar refractivity (Wildman–Crippen MR) is 206 cm³/mol. The molecule has 48 heavy (non-hydrogen) atoms. The molecule has 0 N–H and O–H groups in total. The van der Waals surface area contributed by atoms with Crippen molar-refractivity contribution in [3.63, 3.8) is 0 Å². The summed E-state index contributed by atoms with van der Waals surface area (Å²) in [5, 5.41) is 7.55. The summed E-state index contributed by atoms with van der Waals surface area (Å²) in [6, 6.07) is 70.7. The Labute approximate surface area is 281 Å². The van der Waals surface area contributed by atoms with Gasteiger partial charge in [0.25, 0.3) is 0 Å². The Bertz CT molecular complexity index is 2510. The Morgan fingerprint density at radius 3 is 1.04 bits per heavy atom. The van der Waals surface area contributed by atoms with Gasteiger partial charge in [0.15, 0.2) is 0 Å². The van der Waals surface area contributed by atoms with E-state index in [1.165, 1.54) is 88.0 Å². The van der Waals surface area contributed by atoms with E-state index in [-0.39, 0.29) is 0 Å². The molecule has 0 bridgehead atoms. The maximum Gasteiger partial charge on any atom is -0.00199 e. The van der Waals surface area contributed by atoms with Crippen LogP contribution >= 0.6 is 0 Å². The monoisotopic (exact) mass is 608 g/mol. The van der Waals surface area contributed by atoms with E-state index in [9.17, 15) is 0 Å². The van der Waals surface area contributed by atoms with E-state index in [4.69, 9.17) is 0 Å². The highest BCUT2D eigenvalue weighted by Gasteiger charge is 2.21. The fourth-order valence-electron chi connectivity index (χ4n) is 7.53. The highest BCUT2D eigenvalue weighted by atomic mass is 14.2. The number of hydrogen-bond acceptors (Lipinski definition) is 0. The van der Waals surface area contributed by atoms with E-state index in [1.54, 1.807) is 0 Å². The fourth-order valence-corrected chi connectivity index (χ4v) is 7.53. The van der Waals surface area contributed by atoms with Gasteiger partial charge >= 0.3 is 0 Å². The molecular weight excluding hydrogens is 577 g/mol. The van der Waals surface area contributed by atoms with E-state index < -0.39 is 0 Å². The third kappa shape index (κ3) is 4.70. The van der Waals surface area contributed by atoms with Gasteiger partial charge in [0.2, 0.25) is 0 Å². The van der Waals surface area contributed by atoms with Crippen LogP contribution in [0, 0.1) is 0 Å². The largest absolute Gasteiger partial charge is 0.0622 e. The minimum Gasteiger partial charge on any atom is -0.0622 e. The highest BCUT2D eigenvalue weighted by Crippen LogP contribution is 2.49. The molecule has 0 heteroatoms. The molecule has 0 saturated carbocycles. The van der Waals surface area contributed by atoms with Crippen molar-refractivity contribution in [1.29, 1.82) is 0 Å². The summed E-state index contributed by atoms with van der Waals surface area (Å²) in [6.45, 7) is 0. The molecule has 9 aromatic carbocycles. The molecule has 0 saturated heterocycles. The number of rotatable bonds is 5. The Balaban J connectivity index is 1.37. The van der Waals surface area contributed by atoms with E-state index in [1.807, 2.05) is 0 Å². The van der Waals surface area contributed by atoms with Gasteiger partial charge in [-0.2, -0.15) is 0 Å². The first-order valence-electron chi connectivity index (χ1n) is 16.6. The Morgan fingerprint density at radius 2 is 0.521 bits per heavy atom. The summed E-state index contributed by atoms with van der Waals surface area (Å²) in [7, 11) is 0. The van der Waals surface area contributed by atoms with E-state index in [0.29, 0.717) is 0 Å². The number of hydrogen-bond donors (Lipinski definition) is 0. The molecule has 0 aliphatic rings. The third-order valence-corrected chi connectivity index (χ3v) is 9.67. The second-order valence-electron chi connectivity index (χ2n) is 12.4. The molecule has 0 nitrogen and oxygen atoms in total. The van der Waals surface area contributed by atoms with Gasteiger partial charge in [-0.1, -0.05) is 188 Å². The molecule has 0 amide bonds. The predicted octanol–water partition coefficient (Wildman–Crippen LogP) is 13.5. The molecule has 0 aromatic heterocycles. The molecule has 224 valence electrons. The second kappa shape index (κ2) is 11.8. The van der Waals surface area contributed by atoms with Crippen LogP contribution in [0.1, 0.15) is 0 Å². The maximum absolute atomic E-state index is 2.45. The van der Waals surface area contributed by atoms with E-state index in [0.717, 1.165) is 0 Å². The second-order valence-corrected chi connectivity index (χ2v) is 12.4. The molecule has 0 fully saturated rings. The highest BCUT2D eigenvalue weighted by molar-refractivity contribution is 6.25. The SMILES string of the molecule is c1ccc(-c2ccc(-c3c4ccccc4c(-c4cc(-c5ccccc5)c(-c5ccccc5)c5ccccc45)c4ccccc34)cc2)cc1. The van der Waals surface area contributed by atoms with Crippen LogP contribution in [0.2, 0.25) is 0 Å². The van der Waals surface area contributed by atoms with Gasteiger partial charge in [0.05, 0.1) is 0 Å². The lowest BCUT2D eigenvalue weighted by Gasteiger charge is -2.22. The summed E-state index contributed by atoms with van der Waals surface area (Å²) < 4.78 is 0. The van der Waals surface area contributed by atoms with E-state index in [2.05, 4.69) is 194 Å². The molecule has 0 unspecified atom stereocenters. The average molecular weight is 609 g/mol. The van der Waals surface area contributed by atoms with Crippen molar-refractivity contribution in [3.8, 4) is 55.6 Å². The van der Waals surface area contributed by atoms with Gasteiger partial charge < -0.3 is 0 Å². The quantitative estimate of drug-likeness (QED) is 0.171. The van der Waals surface area contributed by atoms with Gasteiger partial charge in [0.1, 0.15) is 0 Å². The van der Waals surface area contributed by atoms with Crippen LogP contribution in [-0.2, 0) is 0 Å². The van der Waals surface area contributed by atoms with Crippen LogP contribution in [0.15, 0.2) is 194 Å². The van der Waals surface area contributed by atoms with Crippen molar-refractivity contribution in [2.45, 2.75) is 0 Å². The van der Waals surface area contributed by atoms with Crippen LogP contribution in [0.25, 0.3) is 88.0 Å². The molecule has 0 spiro atoms. The summed E-state index contributed by atoms with van der Waals surface area (Å²) in [4.78, 5) is 0. The fraction of sp³-hybridized carbons (Fsp3) is 0. The van der Waals surface area contributed by atoms with Crippen molar-refractivity contribution >= 4 is 32.3 Å². The van der Waals surface area contributed by atoms with Crippen LogP contribution < -0.4 is 0 Å². The van der Waals surface area contributed by atoms with Crippen LogP contribution in [0.5, 0.6) is 0 Å². The molecule has 0 aliphatic heterocycles. The molecule has 0 aliphatic carbocycles. The summed E-state index contributed by atoms with van der Waals surface area (Å²) in [6.07, 6.45) is 0. The minimum absolute atomic E-state index is 1.21. The van der Waals surface area contributed by atoms with Crippen molar-refractivity contribution in [2.24, 2.45) is 0 Å². The van der Waals surface area contributed by atoms with Crippen molar-refractivity contribution < 1.29 is 0 Å². The summed E-state index contributed by atoms with van der Waals surface area (Å²) in [5.41, 5.74) is 12.4. The lowest BCUT2D eigenvalue weighted by atomic mass is 9.81. The number of fused-ring (bicyclic) bond motifs is 3. The number of benzene rings is 9. The van der Waals surface area contributed by atoms with Gasteiger partial charge in [-0.25, -0.2) is 0 Å². The average Bonchev–Trinajstić information content (AvgIpc) is 3.17. The summed E-state index contributed by atoms with van der Waals surface area (Å²) in [5.74, 6) is 0. The van der Waals surface area contributed by atoms with Crippen molar-refractivity contribution in [1.82, 2.24) is 0 Å². The first kappa shape index (κ1) is 28.0. The standard InChI is InChI=1S/C48H32/c1-4-16-33(17-5-1)34-28-30-37(31-29-34)46-40-24-12-14-26-42(40)48(43-27-15-13-25-41(43)46)45-32-44(35-18-6-2-7-19-35)47(36-20-8-3-9-21-36)39-23-11-10-22-38(39)45/h1-32H. The van der Waals surface area contributed by atoms with Crippen molar-refractivity contribution in [3.05, 3.63) is 194 Å². The van der Waals surface area contributed by atoms with Crippen LogP contribution in [-0.4, -0.2) is 0 Å². The third-order valence-electron chi connectivity index (χ3n) is 9.67. The van der Waals surface area contributed by atoms with E-state index >= 15 is 0 Å².